The highest BCUT2D eigenvalue weighted by Gasteiger charge is 2.44. The smallest absolute Gasteiger partial charge is 0.257 e. The normalized spacial score (nSPS) is 26.6. The van der Waals surface area contributed by atoms with Gasteiger partial charge < -0.3 is 9.80 Å². The van der Waals surface area contributed by atoms with Crippen LogP contribution in [0.15, 0.2) is 6.20 Å². The molecule has 28 heavy (non-hydrogen) atoms. The molecule has 7 heteroatoms. The summed E-state index contributed by atoms with van der Waals surface area (Å²) in [6.45, 7) is 7.62. The molecule has 2 amide bonds. The average molecular weight is 386 g/mol. The van der Waals surface area contributed by atoms with Gasteiger partial charge in [-0.3, -0.25) is 14.5 Å². The maximum atomic E-state index is 13.2. The molecule has 0 N–H and O–H groups in total. The van der Waals surface area contributed by atoms with Crippen LogP contribution in [-0.4, -0.2) is 81.8 Å². The molecule has 0 radical (unpaired) electrons. The number of hydrogen-bond acceptors (Lipinski definition) is 5. The van der Waals surface area contributed by atoms with Crippen molar-refractivity contribution in [1.29, 1.82) is 0 Å². The van der Waals surface area contributed by atoms with Crippen LogP contribution in [0, 0.1) is 19.8 Å². The summed E-state index contributed by atoms with van der Waals surface area (Å²) in [6, 6.07) is 0. The molecule has 7 nitrogen and oxygen atoms in total. The summed E-state index contributed by atoms with van der Waals surface area (Å²) in [6.07, 6.45) is 6.49. The van der Waals surface area contributed by atoms with E-state index in [4.69, 9.17) is 0 Å². The molecule has 3 aliphatic rings. The molecule has 1 spiro atoms. The van der Waals surface area contributed by atoms with Crippen LogP contribution in [-0.2, 0) is 4.79 Å². The predicted octanol–water partition coefficient (Wildman–Crippen LogP) is 1.64. The number of amides is 2. The maximum absolute atomic E-state index is 13.2. The second-order valence-corrected chi connectivity index (χ2v) is 8.82. The first-order valence-corrected chi connectivity index (χ1v) is 10.5. The standard InChI is InChI=1S/C21H31N5O2/c1-15-18(12-22-16(2)23-15)20(28)26-11-10-24(3)21(14-26)7-6-19(27)25(9-8-21)13-17-4-5-17/h12,17H,4-11,13-14H2,1-3H3/t21-/m1/s1. The van der Waals surface area contributed by atoms with Crippen molar-refractivity contribution in [2.45, 2.75) is 51.5 Å². The van der Waals surface area contributed by atoms with Crippen LogP contribution >= 0.6 is 0 Å². The highest BCUT2D eigenvalue weighted by atomic mass is 16.2. The van der Waals surface area contributed by atoms with Gasteiger partial charge >= 0.3 is 0 Å². The molecule has 152 valence electrons. The zero-order chi connectivity index (χ0) is 19.9. The fourth-order valence-electron chi connectivity index (χ4n) is 4.64. The van der Waals surface area contributed by atoms with Gasteiger partial charge in [0.1, 0.15) is 5.82 Å². The highest BCUT2D eigenvalue weighted by molar-refractivity contribution is 5.95. The zero-order valence-electron chi connectivity index (χ0n) is 17.3. The number of carbonyl (C=O) groups is 2. The first-order valence-electron chi connectivity index (χ1n) is 10.5. The minimum Gasteiger partial charge on any atom is -0.342 e. The molecule has 2 aliphatic heterocycles. The van der Waals surface area contributed by atoms with Gasteiger partial charge in [-0.25, -0.2) is 9.97 Å². The molecule has 3 fully saturated rings. The first kappa shape index (κ1) is 19.3. The van der Waals surface area contributed by atoms with E-state index in [1.807, 2.05) is 18.7 Å². The van der Waals surface area contributed by atoms with E-state index < -0.39 is 0 Å². The first-order chi connectivity index (χ1) is 13.4. The number of nitrogens with zero attached hydrogens (tertiary/aromatic N) is 5. The van der Waals surface area contributed by atoms with Crippen LogP contribution in [0.1, 0.15) is 54.0 Å². The van der Waals surface area contributed by atoms with Crippen molar-refractivity contribution in [3.05, 3.63) is 23.3 Å². The lowest BCUT2D eigenvalue weighted by atomic mass is 9.86. The predicted molar refractivity (Wildman–Crippen MR) is 106 cm³/mol. The molecule has 0 aromatic carbocycles. The second-order valence-electron chi connectivity index (χ2n) is 8.82. The van der Waals surface area contributed by atoms with Gasteiger partial charge in [-0.05, 0) is 52.5 Å². The molecule has 4 rings (SSSR count). The number of likely N-dealkylation sites (tertiary alicyclic amines) is 1. The van der Waals surface area contributed by atoms with Gasteiger partial charge in [0.25, 0.3) is 5.91 Å². The number of aryl methyl sites for hydroxylation is 2. The number of likely N-dealkylation sites (N-methyl/N-ethyl adjacent to an activating group) is 1. The van der Waals surface area contributed by atoms with Gasteiger partial charge in [-0.2, -0.15) is 0 Å². The Morgan fingerprint density at radius 3 is 2.71 bits per heavy atom. The van der Waals surface area contributed by atoms with Crippen LogP contribution in [0.4, 0.5) is 0 Å². The Bertz CT molecular complexity index is 778. The fourth-order valence-corrected chi connectivity index (χ4v) is 4.64. The molecule has 1 saturated carbocycles. The Morgan fingerprint density at radius 2 is 2.00 bits per heavy atom. The summed E-state index contributed by atoms with van der Waals surface area (Å²) < 4.78 is 0. The van der Waals surface area contributed by atoms with Crippen LogP contribution in [0.25, 0.3) is 0 Å². The number of aromatic nitrogens is 2. The third-order valence-corrected chi connectivity index (χ3v) is 6.80. The lowest BCUT2D eigenvalue weighted by Gasteiger charge is -2.49. The maximum Gasteiger partial charge on any atom is 0.257 e. The van der Waals surface area contributed by atoms with Gasteiger partial charge in [0.15, 0.2) is 0 Å². The fraction of sp³-hybridized carbons (Fsp3) is 0.714. The number of piperazine rings is 1. The summed E-state index contributed by atoms with van der Waals surface area (Å²) >= 11 is 0. The topological polar surface area (TPSA) is 69.6 Å². The second kappa shape index (κ2) is 7.43. The van der Waals surface area contributed by atoms with Crippen LogP contribution < -0.4 is 0 Å². The van der Waals surface area contributed by atoms with Crippen molar-refractivity contribution in [3.63, 3.8) is 0 Å². The Hall–Kier alpha value is -2.02. The lowest BCUT2D eigenvalue weighted by Crippen LogP contribution is -2.62. The monoisotopic (exact) mass is 385 g/mol. The zero-order valence-corrected chi connectivity index (χ0v) is 17.3. The molecule has 3 heterocycles. The molecule has 0 unspecified atom stereocenters. The molecule has 0 bridgehead atoms. The van der Waals surface area contributed by atoms with Gasteiger partial charge in [0.05, 0.1) is 11.3 Å². The number of carbonyl (C=O) groups excluding carboxylic acids is 2. The average Bonchev–Trinajstić information content (AvgIpc) is 3.49. The molecule has 1 aromatic heterocycles. The van der Waals surface area contributed by atoms with E-state index in [2.05, 4.69) is 26.8 Å². The third-order valence-electron chi connectivity index (χ3n) is 6.80. The van der Waals surface area contributed by atoms with Crippen molar-refractivity contribution in [1.82, 2.24) is 24.7 Å². The van der Waals surface area contributed by atoms with Crippen LogP contribution in [0.3, 0.4) is 0 Å². The van der Waals surface area contributed by atoms with E-state index in [-0.39, 0.29) is 17.4 Å². The Kier molecular flexibility index (Phi) is 5.12. The van der Waals surface area contributed by atoms with E-state index in [1.54, 1.807) is 6.20 Å². The van der Waals surface area contributed by atoms with Gasteiger partial charge in [-0.15, -0.1) is 0 Å². The third kappa shape index (κ3) is 3.77. The van der Waals surface area contributed by atoms with Gasteiger partial charge in [0, 0.05) is 50.9 Å². The van der Waals surface area contributed by atoms with E-state index in [9.17, 15) is 9.59 Å². The minimum atomic E-state index is -0.124. The molecular weight excluding hydrogens is 354 g/mol. The summed E-state index contributed by atoms with van der Waals surface area (Å²) in [5.41, 5.74) is 1.20. The summed E-state index contributed by atoms with van der Waals surface area (Å²) in [4.78, 5) is 40.8. The Labute approximate surface area is 167 Å². The highest BCUT2D eigenvalue weighted by Crippen LogP contribution is 2.35. The lowest BCUT2D eigenvalue weighted by molar-refractivity contribution is -0.130. The molecule has 1 aliphatic carbocycles. The molecule has 1 atom stereocenters. The summed E-state index contributed by atoms with van der Waals surface area (Å²) in [7, 11) is 2.14. The Morgan fingerprint density at radius 1 is 1.21 bits per heavy atom. The van der Waals surface area contributed by atoms with E-state index in [0.29, 0.717) is 36.8 Å². The summed E-state index contributed by atoms with van der Waals surface area (Å²) in [5, 5.41) is 0. The van der Waals surface area contributed by atoms with Crippen LogP contribution in [0.5, 0.6) is 0 Å². The minimum absolute atomic E-state index is 0.00962. The molecule has 1 aromatic rings. The van der Waals surface area contributed by atoms with E-state index >= 15 is 0 Å². The van der Waals surface area contributed by atoms with Gasteiger partial charge in [0.2, 0.25) is 5.91 Å². The van der Waals surface area contributed by atoms with Crippen LogP contribution in [0.2, 0.25) is 0 Å². The van der Waals surface area contributed by atoms with Crippen molar-refractivity contribution in [3.8, 4) is 0 Å². The van der Waals surface area contributed by atoms with Crippen molar-refractivity contribution in [2.24, 2.45) is 5.92 Å². The van der Waals surface area contributed by atoms with Crippen molar-refractivity contribution >= 4 is 11.8 Å². The Balaban J connectivity index is 1.50. The van der Waals surface area contributed by atoms with E-state index in [0.717, 1.165) is 38.2 Å². The van der Waals surface area contributed by atoms with Gasteiger partial charge in [-0.1, -0.05) is 0 Å². The summed E-state index contributed by atoms with van der Waals surface area (Å²) in [5.74, 6) is 1.69. The number of hydrogen-bond donors (Lipinski definition) is 0. The van der Waals surface area contributed by atoms with Crippen molar-refractivity contribution in [2.75, 3.05) is 39.8 Å². The van der Waals surface area contributed by atoms with Crippen molar-refractivity contribution < 1.29 is 9.59 Å². The SMILES string of the molecule is Cc1ncc(C(=O)N2CCN(C)[C@@]3(CCC(=O)N(CC4CC4)CC3)C2)c(C)n1. The molecular formula is C21H31N5O2. The largest absolute Gasteiger partial charge is 0.342 e. The molecule has 2 saturated heterocycles. The number of rotatable bonds is 3. The quantitative estimate of drug-likeness (QED) is 0.791. The van der Waals surface area contributed by atoms with E-state index in [1.165, 1.54) is 12.8 Å².